The molecule has 0 aromatic heterocycles. The molecular formula is C5H15NSi2. The number of hydrogen-bond acceptors (Lipinski definition) is 1. The quantitative estimate of drug-likeness (QED) is 0.443. The van der Waals surface area contributed by atoms with Crippen LogP contribution in [-0.4, -0.2) is 18.6 Å². The van der Waals surface area contributed by atoms with Crippen LogP contribution in [0.1, 0.15) is 0 Å². The summed E-state index contributed by atoms with van der Waals surface area (Å²) in [5, 5.41) is 0. The summed E-state index contributed by atoms with van der Waals surface area (Å²) in [5.41, 5.74) is 0. The molecule has 0 saturated heterocycles. The maximum absolute atomic E-state index is 3.70. The third kappa shape index (κ3) is 3.18. The van der Waals surface area contributed by atoms with Crippen LogP contribution in [-0.2, 0) is 0 Å². The van der Waals surface area contributed by atoms with Crippen molar-refractivity contribution in [3.63, 3.8) is 0 Å². The highest BCUT2D eigenvalue weighted by Gasteiger charge is 2.13. The lowest BCUT2D eigenvalue weighted by molar-refractivity contribution is 1.36. The molecule has 0 spiro atoms. The minimum atomic E-state index is -0.984. The minimum Gasteiger partial charge on any atom is -0.367 e. The topological polar surface area (TPSA) is 12.0 Å². The summed E-state index contributed by atoms with van der Waals surface area (Å²) in [6.07, 6.45) is 2.01. The van der Waals surface area contributed by atoms with Crippen LogP contribution in [0.2, 0.25) is 19.1 Å². The van der Waals surface area contributed by atoms with Gasteiger partial charge in [-0.3, -0.25) is 0 Å². The molecule has 1 N–H and O–H groups in total. The Morgan fingerprint density at radius 3 is 2.38 bits per heavy atom. The summed E-state index contributed by atoms with van der Waals surface area (Å²) in [6.45, 7) is 8.35. The van der Waals surface area contributed by atoms with Gasteiger partial charge in [-0.25, -0.2) is 0 Å². The minimum absolute atomic E-state index is 0.984. The third-order valence-electron chi connectivity index (χ3n) is 1.33. The SMILES string of the molecule is C=CC[Si](C)(C)N[SiH3]. The van der Waals surface area contributed by atoms with Crippen molar-refractivity contribution in [2.45, 2.75) is 19.1 Å². The molecule has 1 nitrogen and oxygen atoms in total. The van der Waals surface area contributed by atoms with Crippen LogP contribution in [0.25, 0.3) is 0 Å². The largest absolute Gasteiger partial charge is 0.367 e. The van der Waals surface area contributed by atoms with Crippen LogP contribution in [0.15, 0.2) is 12.7 Å². The van der Waals surface area contributed by atoms with E-state index in [2.05, 4.69) is 24.3 Å². The first-order valence-electron chi connectivity index (χ1n) is 2.92. The molecule has 0 radical (unpaired) electrons. The van der Waals surface area contributed by atoms with Gasteiger partial charge in [-0.1, -0.05) is 19.2 Å². The van der Waals surface area contributed by atoms with Gasteiger partial charge in [0.2, 0.25) is 0 Å². The zero-order chi connectivity index (χ0) is 6.62. The Bertz CT molecular complexity index is 80.5. The third-order valence-corrected chi connectivity index (χ3v) is 8.05. The van der Waals surface area contributed by atoms with Gasteiger partial charge in [-0.05, 0) is 6.04 Å². The summed E-state index contributed by atoms with van der Waals surface area (Å²) >= 11 is 0. The van der Waals surface area contributed by atoms with Crippen molar-refractivity contribution in [1.29, 1.82) is 0 Å². The van der Waals surface area contributed by atoms with Crippen molar-refractivity contribution >= 4 is 18.6 Å². The van der Waals surface area contributed by atoms with Gasteiger partial charge in [-0.2, -0.15) is 0 Å². The molecule has 0 bridgehead atoms. The molecule has 0 saturated carbocycles. The fourth-order valence-corrected chi connectivity index (χ4v) is 2.00. The molecule has 0 heterocycles. The van der Waals surface area contributed by atoms with Gasteiger partial charge in [0.25, 0.3) is 0 Å². The second-order valence-corrected chi connectivity index (χ2v) is 8.80. The van der Waals surface area contributed by atoms with E-state index in [-0.39, 0.29) is 0 Å². The molecule has 0 fully saturated rings. The highest BCUT2D eigenvalue weighted by atomic mass is 28.4. The highest BCUT2D eigenvalue weighted by molar-refractivity contribution is 6.78. The lowest BCUT2D eigenvalue weighted by Gasteiger charge is -2.18. The molecule has 0 aliphatic rings. The maximum atomic E-state index is 3.70. The van der Waals surface area contributed by atoms with Gasteiger partial charge in [0.1, 0.15) is 8.24 Å². The van der Waals surface area contributed by atoms with Gasteiger partial charge < -0.3 is 4.65 Å². The van der Waals surface area contributed by atoms with Crippen molar-refractivity contribution in [2.75, 3.05) is 0 Å². The monoisotopic (exact) mass is 145 g/mol. The number of hydrogen-bond donors (Lipinski definition) is 1. The van der Waals surface area contributed by atoms with E-state index >= 15 is 0 Å². The fourth-order valence-electron chi connectivity index (χ4n) is 0.463. The maximum Gasteiger partial charge on any atom is 0.116 e. The lowest BCUT2D eigenvalue weighted by atomic mass is 10.8. The van der Waals surface area contributed by atoms with Crippen molar-refractivity contribution in [1.82, 2.24) is 4.65 Å². The van der Waals surface area contributed by atoms with E-state index in [1.165, 1.54) is 6.04 Å². The van der Waals surface area contributed by atoms with Crippen LogP contribution in [0.4, 0.5) is 0 Å². The zero-order valence-corrected chi connectivity index (χ0v) is 8.99. The predicted molar refractivity (Wildman–Crippen MR) is 45.6 cm³/mol. The summed E-state index contributed by atoms with van der Waals surface area (Å²) in [6, 6.07) is 1.19. The first-order chi connectivity index (χ1) is 3.62. The van der Waals surface area contributed by atoms with E-state index in [1.807, 2.05) is 6.08 Å². The summed E-state index contributed by atoms with van der Waals surface area (Å²) < 4.78 is 3.45. The van der Waals surface area contributed by atoms with Crippen molar-refractivity contribution < 1.29 is 0 Å². The van der Waals surface area contributed by atoms with Crippen LogP contribution in [0, 0.1) is 0 Å². The van der Waals surface area contributed by atoms with Crippen molar-refractivity contribution in [3.8, 4) is 0 Å². The summed E-state index contributed by atoms with van der Waals surface area (Å²) in [7, 11) is 0.142. The average Bonchev–Trinajstić information content (AvgIpc) is 1.67. The molecule has 0 rings (SSSR count). The molecule has 0 aliphatic carbocycles. The molecule has 0 aliphatic heterocycles. The van der Waals surface area contributed by atoms with E-state index in [0.717, 1.165) is 10.4 Å². The number of nitrogens with one attached hydrogen (secondary N) is 1. The van der Waals surface area contributed by atoms with Crippen LogP contribution < -0.4 is 4.65 Å². The molecule has 8 heavy (non-hydrogen) atoms. The molecule has 0 atom stereocenters. The normalized spacial score (nSPS) is 11.8. The van der Waals surface area contributed by atoms with E-state index in [0.29, 0.717) is 0 Å². The average molecular weight is 145 g/mol. The first-order valence-corrected chi connectivity index (χ1v) is 7.13. The van der Waals surface area contributed by atoms with Gasteiger partial charge in [0.05, 0.1) is 10.4 Å². The smallest absolute Gasteiger partial charge is 0.116 e. The second-order valence-electron chi connectivity index (χ2n) is 2.63. The summed E-state index contributed by atoms with van der Waals surface area (Å²) in [4.78, 5) is 0. The Morgan fingerprint density at radius 1 is 1.75 bits per heavy atom. The standard InChI is InChI=1S/C5H15NSi2/c1-4-5-8(2,3)6-7/h4,6H,1,5H2,2-3,7H3. The van der Waals surface area contributed by atoms with E-state index in [1.54, 1.807) is 0 Å². The van der Waals surface area contributed by atoms with Gasteiger partial charge >= 0.3 is 0 Å². The zero-order valence-electron chi connectivity index (χ0n) is 5.99. The van der Waals surface area contributed by atoms with Gasteiger partial charge in [-0.15, -0.1) is 6.58 Å². The summed E-state index contributed by atoms with van der Waals surface area (Å²) in [5.74, 6) is 0. The molecule has 0 aromatic carbocycles. The van der Waals surface area contributed by atoms with Crippen LogP contribution >= 0.6 is 0 Å². The predicted octanol–water partition coefficient (Wildman–Crippen LogP) is 0.247. The van der Waals surface area contributed by atoms with Crippen molar-refractivity contribution in [2.24, 2.45) is 0 Å². The number of allylic oxidation sites excluding steroid dienone is 1. The molecule has 0 amide bonds. The highest BCUT2D eigenvalue weighted by Crippen LogP contribution is 2.02. The van der Waals surface area contributed by atoms with Crippen LogP contribution in [0.3, 0.4) is 0 Å². The Hall–Kier alpha value is 0.134. The van der Waals surface area contributed by atoms with Crippen LogP contribution in [0.5, 0.6) is 0 Å². The molecule has 3 heteroatoms. The molecule has 0 aromatic rings. The first kappa shape index (κ1) is 8.13. The molecule has 0 unspecified atom stereocenters. The van der Waals surface area contributed by atoms with E-state index in [9.17, 15) is 0 Å². The van der Waals surface area contributed by atoms with Crippen molar-refractivity contribution in [3.05, 3.63) is 12.7 Å². The van der Waals surface area contributed by atoms with E-state index < -0.39 is 8.24 Å². The molecule has 48 valence electrons. The van der Waals surface area contributed by atoms with E-state index in [4.69, 9.17) is 0 Å². The van der Waals surface area contributed by atoms with Gasteiger partial charge in [0.15, 0.2) is 0 Å². The number of rotatable bonds is 3. The van der Waals surface area contributed by atoms with Gasteiger partial charge in [0, 0.05) is 0 Å². The fraction of sp³-hybridized carbons (Fsp3) is 0.600. The second kappa shape index (κ2) is 3.22. The molecular weight excluding hydrogens is 130 g/mol. The Balaban J connectivity index is 3.53. The Morgan fingerprint density at radius 2 is 2.25 bits per heavy atom. The Labute approximate surface area is 55.8 Å². The lowest BCUT2D eigenvalue weighted by Crippen LogP contribution is -2.42. The Kier molecular flexibility index (Phi) is 3.27.